The molecule has 0 aliphatic carbocycles. The van der Waals surface area contributed by atoms with Gasteiger partial charge in [-0.05, 0) is 13.8 Å². The van der Waals surface area contributed by atoms with Crippen LogP contribution in [0.25, 0.3) is 0 Å². The minimum Gasteiger partial charge on any atom is -0.464 e. The normalized spacial score (nSPS) is 10.0. The summed E-state index contributed by atoms with van der Waals surface area (Å²) in [7, 11) is 3.15. The molecule has 0 amide bonds. The molecule has 0 atom stereocenters. The molecule has 4 heteroatoms. The minimum absolute atomic E-state index is 0.379. The first kappa shape index (κ1) is 8.77. The lowest BCUT2D eigenvalue weighted by Crippen LogP contribution is -2.04. The Bertz CT molecular complexity index is 315. The number of hydrogen-bond acceptors (Lipinski definition) is 3. The fourth-order valence-corrected chi connectivity index (χ4v) is 1.00. The predicted octanol–water partition coefficient (Wildman–Crippen LogP) is 0.824. The summed E-state index contributed by atoms with van der Waals surface area (Å²) in [6.07, 6.45) is 0. The third kappa shape index (κ3) is 1.20. The second-order valence-corrected chi connectivity index (χ2v) is 2.67. The zero-order valence-electron chi connectivity index (χ0n) is 7.71. The van der Waals surface area contributed by atoms with Crippen LogP contribution in [0.1, 0.15) is 21.7 Å². The molecule has 0 saturated carbocycles. The molecule has 0 spiro atoms. The largest absolute Gasteiger partial charge is 0.464 e. The number of carbonyl (C=O) groups is 1. The number of methoxy groups -OCH3 is 1. The van der Waals surface area contributed by atoms with Gasteiger partial charge in [-0.2, -0.15) is 5.10 Å². The lowest BCUT2D eigenvalue weighted by Gasteiger charge is -1.93. The molecule has 0 aromatic carbocycles. The molecule has 66 valence electrons. The summed E-state index contributed by atoms with van der Waals surface area (Å²) in [6.45, 7) is 3.77. The molecule has 12 heavy (non-hydrogen) atoms. The number of esters is 1. The van der Waals surface area contributed by atoms with E-state index in [1.165, 1.54) is 7.11 Å². The maximum Gasteiger partial charge on any atom is 0.358 e. The molecule has 1 heterocycles. The van der Waals surface area contributed by atoms with E-state index in [0.29, 0.717) is 5.69 Å². The van der Waals surface area contributed by atoms with Crippen molar-refractivity contribution in [3.05, 3.63) is 17.0 Å². The quantitative estimate of drug-likeness (QED) is 0.583. The standard InChI is InChI=1S/C8H12N2O2/c1-5-6(2)10(3)9-7(5)8(11)12-4/h1-4H3. The average Bonchev–Trinajstić information content (AvgIpc) is 2.32. The summed E-state index contributed by atoms with van der Waals surface area (Å²) >= 11 is 0. The van der Waals surface area contributed by atoms with Gasteiger partial charge in [0.1, 0.15) is 0 Å². The lowest BCUT2D eigenvalue weighted by molar-refractivity contribution is 0.0592. The molecule has 4 nitrogen and oxygen atoms in total. The third-order valence-electron chi connectivity index (χ3n) is 2.01. The second kappa shape index (κ2) is 2.97. The fourth-order valence-electron chi connectivity index (χ4n) is 1.00. The number of nitrogens with zero attached hydrogens (tertiary/aromatic N) is 2. The molecule has 1 aromatic rings. The molecule has 0 saturated heterocycles. The summed E-state index contributed by atoms with van der Waals surface area (Å²) in [4.78, 5) is 11.1. The van der Waals surface area contributed by atoms with Gasteiger partial charge in [0.2, 0.25) is 0 Å². The maximum atomic E-state index is 11.1. The van der Waals surface area contributed by atoms with Crippen molar-refractivity contribution in [3.8, 4) is 0 Å². The molecule has 0 radical (unpaired) electrons. The molecule has 1 aromatic heterocycles. The topological polar surface area (TPSA) is 44.1 Å². The Balaban J connectivity index is 3.17. The van der Waals surface area contributed by atoms with E-state index in [9.17, 15) is 4.79 Å². The van der Waals surface area contributed by atoms with Gasteiger partial charge in [0, 0.05) is 18.3 Å². The van der Waals surface area contributed by atoms with E-state index in [0.717, 1.165) is 11.3 Å². The van der Waals surface area contributed by atoms with Gasteiger partial charge in [-0.15, -0.1) is 0 Å². The van der Waals surface area contributed by atoms with Crippen LogP contribution in [0.3, 0.4) is 0 Å². The van der Waals surface area contributed by atoms with Crippen LogP contribution in [0.2, 0.25) is 0 Å². The van der Waals surface area contributed by atoms with Crippen molar-refractivity contribution < 1.29 is 9.53 Å². The summed E-state index contributed by atoms with van der Waals surface area (Å²) < 4.78 is 6.24. The highest BCUT2D eigenvalue weighted by Gasteiger charge is 2.15. The van der Waals surface area contributed by atoms with Crippen molar-refractivity contribution in [2.45, 2.75) is 13.8 Å². The van der Waals surface area contributed by atoms with Crippen LogP contribution in [0, 0.1) is 13.8 Å². The van der Waals surface area contributed by atoms with E-state index >= 15 is 0 Å². The fraction of sp³-hybridized carbons (Fsp3) is 0.500. The zero-order chi connectivity index (χ0) is 9.30. The maximum absolute atomic E-state index is 11.1. The Morgan fingerprint density at radius 1 is 1.50 bits per heavy atom. The van der Waals surface area contributed by atoms with Gasteiger partial charge in [-0.1, -0.05) is 0 Å². The first-order valence-corrected chi connectivity index (χ1v) is 3.66. The summed E-state index contributed by atoms with van der Waals surface area (Å²) in [5.74, 6) is -0.379. The van der Waals surface area contributed by atoms with E-state index < -0.39 is 0 Å². The third-order valence-corrected chi connectivity index (χ3v) is 2.01. The van der Waals surface area contributed by atoms with Gasteiger partial charge in [0.25, 0.3) is 0 Å². The molecule has 0 aliphatic rings. The highest BCUT2D eigenvalue weighted by molar-refractivity contribution is 5.88. The van der Waals surface area contributed by atoms with Crippen molar-refractivity contribution in [1.29, 1.82) is 0 Å². The molecule has 0 fully saturated rings. The highest BCUT2D eigenvalue weighted by Crippen LogP contribution is 2.11. The van der Waals surface area contributed by atoms with Crippen LogP contribution in [-0.4, -0.2) is 22.9 Å². The van der Waals surface area contributed by atoms with Crippen LogP contribution in [0.4, 0.5) is 0 Å². The molecule has 0 aliphatic heterocycles. The SMILES string of the molecule is COC(=O)c1nn(C)c(C)c1C. The first-order valence-electron chi connectivity index (χ1n) is 3.66. The van der Waals surface area contributed by atoms with E-state index in [1.54, 1.807) is 11.7 Å². The van der Waals surface area contributed by atoms with Crippen molar-refractivity contribution in [2.75, 3.05) is 7.11 Å². The van der Waals surface area contributed by atoms with Crippen molar-refractivity contribution >= 4 is 5.97 Å². The number of carbonyl (C=O) groups excluding carboxylic acids is 1. The summed E-state index contributed by atoms with van der Waals surface area (Å²) in [5, 5.41) is 4.02. The molecule has 0 bridgehead atoms. The van der Waals surface area contributed by atoms with E-state index in [1.807, 2.05) is 13.8 Å². The van der Waals surface area contributed by atoms with Crippen molar-refractivity contribution in [1.82, 2.24) is 9.78 Å². The average molecular weight is 168 g/mol. The number of ether oxygens (including phenoxy) is 1. The van der Waals surface area contributed by atoms with Gasteiger partial charge in [-0.25, -0.2) is 4.79 Å². The monoisotopic (exact) mass is 168 g/mol. The first-order chi connectivity index (χ1) is 5.57. The Morgan fingerprint density at radius 2 is 2.08 bits per heavy atom. The minimum atomic E-state index is -0.379. The summed E-state index contributed by atoms with van der Waals surface area (Å²) in [5.41, 5.74) is 2.26. The van der Waals surface area contributed by atoms with Crippen LogP contribution in [-0.2, 0) is 11.8 Å². The number of aryl methyl sites for hydroxylation is 1. The van der Waals surface area contributed by atoms with Gasteiger partial charge in [0.15, 0.2) is 5.69 Å². The molecule has 0 unspecified atom stereocenters. The van der Waals surface area contributed by atoms with E-state index in [4.69, 9.17) is 0 Å². The Labute approximate surface area is 71.1 Å². The molecular weight excluding hydrogens is 156 g/mol. The van der Waals surface area contributed by atoms with Crippen molar-refractivity contribution in [2.24, 2.45) is 7.05 Å². The lowest BCUT2D eigenvalue weighted by atomic mass is 10.2. The summed E-state index contributed by atoms with van der Waals surface area (Å²) in [6, 6.07) is 0. The van der Waals surface area contributed by atoms with Gasteiger partial charge < -0.3 is 4.74 Å². The van der Waals surface area contributed by atoms with Crippen LogP contribution < -0.4 is 0 Å². The predicted molar refractivity (Wildman–Crippen MR) is 44.0 cm³/mol. The van der Waals surface area contributed by atoms with Crippen LogP contribution in [0.15, 0.2) is 0 Å². The van der Waals surface area contributed by atoms with Crippen molar-refractivity contribution in [3.63, 3.8) is 0 Å². The smallest absolute Gasteiger partial charge is 0.358 e. The zero-order valence-corrected chi connectivity index (χ0v) is 7.71. The van der Waals surface area contributed by atoms with Gasteiger partial charge in [0.05, 0.1) is 7.11 Å². The Hall–Kier alpha value is -1.32. The Kier molecular flexibility index (Phi) is 2.17. The molecule has 1 rings (SSSR count). The van der Waals surface area contributed by atoms with E-state index in [-0.39, 0.29) is 5.97 Å². The molecule has 0 N–H and O–H groups in total. The second-order valence-electron chi connectivity index (χ2n) is 2.67. The highest BCUT2D eigenvalue weighted by atomic mass is 16.5. The van der Waals surface area contributed by atoms with Crippen LogP contribution >= 0.6 is 0 Å². The molecular formula is C8H12N2O2. The number of aromatic nitrogens is 2. The number of rotatable bonds is 1. The Morgan fingerprint density at radius 3 is 2.42 bits per heavy atom. The number of hydrogen-bond donors (Lipinski definition) is 0. The van der Waals surface area contributed by atoms with E-state index in [2.05, 4.69) is 9.84 Å². The van der Waals surface area contributed by atoms with Gasteiger partial charge in [-0.3, -0.25) is 4.68 Å². The van der Waals surface area contributed by atoms with Crippen LogP contribution in [0.5, 0.6) is 0 Å². The van der Waals surface area contributed by atoms with Gasteiger partial charge >= 0.3 is 5.97 Å².